The standard InChI is InChI=1S/C24H16BrNO2/c1-3-12-28-24(27)21-14-23(26-22-11-9-16(25)13-20(21)22)19-10-8-15(2)17-6-4-5-7-18(17)19/h1,4-11,13-14H,12H2,2H3. The number of ether oxygens (including phenoxy) is 1. The zero-order valence-electron chi connectivity index (χ0n) is 15.2. The fourth-order valence-corrected chi connectivity index (χ4v) is 3.72. The Morgan fingerprint density at radius 1 is 1.07 bits per heavy atom. The number of hydrogen-bond acceptors (Lipinski definition) is 3. The van der Waals surface area contributed by atoms with Gasteiger partial charge in [0.2, 0.25) is 0 Å². The minimum absolute atomic E-state index is 0.0700. The van der Waals surface area contributed by atoms with Crippen molar-refractivity contribution in [1.82, 2.24) is 4.98 Å². The number of halogens is 1. The van der Waals surface area contributed by atoms with Crippen molar-refractivity contribution in [3.8, 4) is 23.6 Å². The molecule has 0 spiro atoms. The minimum Gasteiger partial charge on any atom is -0.449 e. The van der Waals surface area contributed by atoms with Gasteiger partial charge in [-0.15, -0.1) is 6.42 Å². The number of benzene rings is 3. The summed E-state index contributed by atoms with van der Waals surface area (Å²) >= 11 is 3.46. The van der Waals surface area contributed by atoms with Gasteiger partial charge in [0, 0.05) is 15.4 Å². The smallest absolute Gasteiger partial charge is 0.339 e. The molecule has 0 aliphatic rings. The van der Waals surface area contributed by atoms with Crippen LogP contribution < -0.4 is 0 Å². The largest absolute Gasteiger partial charge is 0.449 e. The van der Waals surface area contributed by atoms with Crippen molar-refractivity contribution in [2.45, 2.75) is 6.92 Å². The molecule has 1 aromatic heterocycles. The molecule has 0 fully saturated rings. The Morgan fingerprint density at radius 3 is 2.64 bits per heavy atom. The Hall–Kier alpha value is -3.16. The molecule has 0 saturated carbocycles. The molecule has 0 radical (unpaired) electrons. The van der Waals surface area contributed by atoms with E-state index < -0.39 is 5.97 Å². The third kappa shape index (κ3) is 3.26. The van der Waals surface area contributed by atoms with Gasteiger partial charge in [-0.25, -0.2) is 9.78 Å². The van der Waals surface area contributed by atoms with Crippen LogP contribution in [0.3, 0.4) is 0 Å². The van der Waals surface area contributed by atoms with E-state index in [1.54, 1.807) is 6.07 Å². The Morgan fingerprint density at radius 2 is 1.86 bits per heavy atom. The maximum atomic E-state index is 12.7. The molecule has 0 saturated heterocycles. The summed E-state index contributed by atoms with van der Waals surface area (Å²) < 4.78 is 6.07. The molecule has 0 aliphatic heterocycles. The molecule has 3 aromatic carbocycles. The van der Waals surface area contributed by atoms with Gasteiger partial charge < -0.3 is 4.74 Å². The lowest BCUT2D eigenvalue weighted by molar-refractivity contribution is 0.0559. The molecule has 0 bridgehead atoms. The second kappa shape index (κ2) is 7.46. The molecule has 0 atom stereocenters. The quantitative estimate of drug-likeness (QED) is 0.299. The molecule has 4 aromatic rings. The third-order valence-electron chi connectivity index (χ3n) is 4.70. The molecule has 1 heterocycles. The van der Waals surface area contributed by atoms with Crippen molar-refractivity contribution in [2.75, 3.05) is 6.61 Å². The van der Waals surface area contributed by atoms with Crippen molar-refractivity contribution in [2.24, 2.45) is 0 Å². The highest BCUT2D eigenvalue weighted by Gasteiger charge is 2.17. The van der Waals surface area contributed by atoms with E-state index in [0.29, 0.717) is 5.56 Å². The highest BCUT2D eigenvalue weighted by Crippen LogP contribution is 2.33. The van der Waals surface area contributed by atoms with Gasteiger partial charge in [-0.3, -0.25) is 0 Å². The maximum Gasteiger partial charge on any atom is 0.339 e. The first-order valence-electron chi connectivity index (χ1n) is 8.78. The van der Waals surface area contributed by atoms with Crippen LogP contribution >= 0.6 is 15.9 Å². The van der Waals surface area contributed by atoms with E-state index in [2.05, 4.69) is 47.0 Å². The van der Waals surface area contributed by atoms with Crippen molar-refractivity contribution < 1.29 is 9.53 Å². The summed E-state index contributed by atoms with van der Waals surface area (Å²) in [5, 5.41) is 2.97. The normalized spacial score (nSPS) is 10.8. The van der Waals surface area contributed by atoms with Crippen LogP contribution in [0.25, 0.3) is 32.9 Å². The first-order valence-corrected chi connectivity index (χ1v) is 9.57. The molecule has 4 heteroatoms. The molecule has 0 aliphatic carbocycles. The van der Waals surface area contributed by atoms with E-state index >= 15 is 0 Å². The predicted octanol–water partition coefficient (Wildman–Crippen LogP) is 5.92. The second-order valence-corrected chi connectivity index (χ2v) is 7.39. The van der Waals surface area contributed by atoms with Gasteiger partial charge in [0.1, 0.15) is 0 Å². The lowest BCUT2D eigenvalue weighted by atomic mass is 9.96. The molecule has 136 valence electrons. The van der Waals surface area contributed by atoms with Gasteiger partial charge in [0.15, 0.2) is 6.61 Å². The van der Waals surface area contributed by atoms with Crippen LogP contribution in [-0.4, -0.2) is 17.6 Å². The first kappa shape index (κ1) is 18.2. The summed E-state index contributed by atoms with van der Waals surface area (Å²) in [7, 11) is 0. The number of aryl methyl sites for hydroxylation is 1. The van der Waals surface area contributed by atoms with E-state index in [-0.39, 0.29) is 6.61 Å². The monoisotopic (exact) mass is 429 g/mol. The fraction of sp³-hybridized carbons (Fsp3) is 0.0833. The highest BCUT2D eigenvalue weighted by molar-refractivity contribution is 9.10. The number of rotatable bonds is 3. The molecule has 28 heavy (non-hydrogen) atoms. The van der Waals surface area contributed by atoms with E-state index in [1.165, 1.54) is 5.56 Å². The molecule has 0 unspecified atom stereocenters. The summed E-state index contributed by atoms with van der Waals surface area (Å²) in [6.07, 6.45) is 5.24. The third-order valence-corrected chi connectivity index (χ3v) is 5.19. The molecular formula is C24H16BrNO2. The maximum absolute atomic E-state index is 12.7. The zero-order chi connectivity index (χ0) is 19.7. The number of aromatic nitrogens is 1. The summed E-state index contributed by atoms with van der Waals surface area (Å²) in [4.78, 5) is 17.5. The van der Waals surface area contributed by atoms with E-state index in [4.69, 9.17) is 16.1 Å². The molecule has 0 amide bonds. The van der Waals surface area contributed by atoms with E-state index in [9.17, 15) is 4.79 Å². The Kier molecular flexibility index (Phi) is 4.85. The van der Waals surface area contributed by atoms with Crippen LogP contribution in [-0.2, 0) is 4.74 Å². The van der Waals surface area contributed by atoms with E-state index in [1.807, 2.05) is 36.4 Å². The van der Waals surface area contributed by atoms with Crippen LogP contribution in [0.15, 0.2) is 65.1 Å². The number of terminal acetylenes is 1. The molecule has 4 rings (SSSR count). The van der Waals surface area contributed by atoms with Crippen LogP contribution in [0.2, 0.25) is 0 Å². The van der Waals surface area contributed by atoms with Crippen molar-refractivity contribution in [3.63, 3.8) is 0 Å². The van der Waals surface area contributed by atoms with Gasteiger partial charge in [0.05, 0.1) is 16.8 Å². The molecular weight excluding hydrogens is 414 g/mol. The molecule has 0 N–H and O–H groups in total. The van der Waals surface area contributed by atoms with Crippen molar-refractivity contribution in [1.29, 1.82) is 0 Å². The Bertz CT molecular complexity index is 1270. The van der Waals surface area contributed by atoms with Gasteiger partial charge in [0.25, 0.3) is 0 Å². The number of fused-ring (bicyclic) bond motifs is 2. The number of carbonyl (C=O) groups is 1. The Labute approximate surface area is 171 Å². The summed E-state index contributed by atoms with van der Waals surface area (Å²) in [5.74, 6) is 1.88. The summed E-state index contributed by atoms with van der Waals surface area (Å²) in [6.45, 7) is 2.01. The SMILES string of the molecule is C#CCOC(=O)c1cc(-c2ccc(C)c3ccccc23)nc2ccc(Br)cc12. The van der Waals surface area contributed by atoms with Crippen LogP contribution in [0.1, 0.15) is 15.9 Å². The Balaban J connectivity index is 1.99. The number of hydrogen-bond donors (Lipinski definition) is 0. The first-order chi connectivity index (χ1) is 13.6. The van der Waals surface area contributed by atoms with Gasteiger partial charge >= 0.3 is 5.97 Å². The van der Waals surface area contributed by atoms with Crippen LogP contribution in [0, 0.1) is 19.3 Å². The van der Waals surface area contributed by atoms with Crippen molar-refractivity contribution >= 4 is 43.6 Å². The highest BCUT2D eigenvalue weighted by atomic mass is 79.9. The fourth-order valence-electron chi connectivity index (χ4n) is 3.36. The average Bonchev–Trinajstić information content (AvgIpc) is 2.72. The van der Waals surface area contributed by atoms with Gasteiger partial charge in [-0.05, 0) is 47.5 Å². The van der Waals surface area contributed by atoms with Crippen molar-refractivity contribution in [3.05, 3.63) is 76.3 Å². The number of pyridine rings is 1. The zero-order valence-corrected chi connectivity index (χ0v) is 16.8. The van der Waals surface area contributed by atoms with E-state index in [0.717, 1.165) is 37.4 Å². The van der Waals surface area contributed by atoms with Gasteiger partial charge in [-0.1, -0.05) is 58.2 Å². The molecule has 3 nitrogen and oxygen atoms in total. The topological polar surface area (TPSA) is 39.2 Å². The minimum atomic E-state index is -0.457. The number of nitrogens with zero attached hydrogens (tertiary/aromatic N) is 1. The average molecular weight is 430 g/mol. The predicted molar refractivity (Wildman–Crippen MR) is 116 cm³/mol. The summed E-state index contributed by atoms with van der Waals surface area (Å²) in [6, 6.07) is 19.7. The summed E-state index contributed by atoms with van der Waals surface area (Å²) in [5.41, 5.74) is 4.05. The number of esters is 1. The van der Waals surface area contributed by atoms with Crippen LogP contribution in [0.5, 0.6) is 0 Å². The lowest BCUT2D eigenvalue weighted by Gasteiger charge is -2.12. The second-order valence-electron chi connectivity index (χ2n) is 6.47. The van der Waals surface area contributed by atoms with Gasteiger partial charge in [-0.2, -0.15) is 0 Å². The number of carbonyl (C=O) groups excluding carboxylic acids is 1. The van der Waals surface area contributed by atoms with Crippen LogP contribution in [0.4, 0.5) is 0 Å². The lowest BCUT2D eigenvalue weighted by Crippen LogP contribution is -2.07.